The number of aryl methyl sites for hydroxylation is 1. The highest BCUT2D eigenvalue weighted by molar-refractivity contribution is 6.31. The summed E-state index contributed by atoms with van der Waals surface area (Å²) in [4.78, 5) is 0. The van der Waals surface area contributed by atoms with E-state index >= 15 is 0 Å². The summed E-state index contributed by atoms with van der Waals surface area (Å²) in [7, 11) is 0. The van der Waals surface area contributed by atoms with Crippen molar-refractivity contribution in [2.45, 2.75) is 39.3 Å². The van der Waals surface area contributed by atoms with Crippen LogP contribution in [0.3, 0.4) is 0 Å². The predicted molar refractivity (Wildman–Crippen MR) is 61.7 cm³/mol. The van der Waals surface area contributed by atoms with Gasteiger partial charge in [-0.3, -0.25) is 4.68 Å². The Morgan fingerprint density at radius 1 is 1.73 bits per heavy atom. The molecular formula is C11H18ClN3. The molecule has 1 saturated carbocycles. The topological polar surface area (TPSA) is 43.8 Å². The summed E-state index contributed by atoms with van der Waals surface area (Å²) in [5.74, 6) is 1.33. The molecular weight excluding hydrogens is 210 g/mol. The van der Waals surface area contributed by atoms with Crippen LogP contribution >= 0.6 is 11.6 Å². The lowest BCUT2D eigenvalue weighted by Gasteiger charge is -2.14. The lowest BCUT2D eigenvalue weighted by Crippen LogP contribution is -2.19. The van der Waals surface area contributed by atoms with Gasteiger partial charge in [0.15, 0.2) is 0 Å². The maximum absolute atomic E-state index is 6.22. The van der Waals surface area contributed by atoms with E-state index < -0.39 is 0 Å². The summed E-state index contributed by atoms with van der Waals surface area (Å²) in [5, 5.41) is 4.98. The molecule has 3 unspecified atom stereocenters. The van der Waals surface area contributed by atoms with Gasteiger partial charge in [0.2, 0.25) is 0 Å². The standard InChI is InChI=1S/C11H18ClN3/c1-3-4-15-11(9(12)6-14-15)10(13)8-5-7(8)2/h6-8,10H,3-5,13H2,1-2H3. The van der Waals surface area contributed by atoms with Gasteiger partial charge in [-0.15, -0.1) is 0 Å². The predicted octanol–water partition coefficient (Wildman–Crippen LogP) is 2.60. The van der Waals surface area contributed by atoms with Gasteiger partial charge in [-0.05, 0) is 24.7 Å². The van der Waals surface area contributed by atoms with Gasteiger partial charge in [0.25, 0.3) is 0 Å². The fraction of sp³-hybridized carbons (Fsp3) is 0.727. The van der Waals surface area contributed by atoms with Gasteiger partial charge in [0, 0.05) is 6.54 Å². The highest BCUT2D eigenvalue weighted by Gasteiger charge is 2.40. The molecule has 0 radical (unpaired) electrons. The third kappa shape index (κ3) is 2.04. The number of hydrogen-bond donors (Lipinski definition) is 1. The van der Waals surface area contributed by atoms with E-state index in [2.05, 4.69) is 18.9 Å². The Labute approximate surface area is 95.6 Å². The minimum atomic E-state index is 0.0570. The van der Waals surface area contributed by atoms with Crippen molar-refractivity contribution in [2.24, 2.45) is 17.6 Å². The highest BCUT2D eigenvalue weighted by Crippen LogP contribution is 2.46. The van der Waals surface area contributed by atoms with Crippen LogP contribution < -0.4 is 5.73 Å². The van der Waals surface area contributed by atoms with Crippen LogP contribution in [-0.2, 0) is 6.54 Å². The zero-order valence-corrected chi connectivity index (χ0v) is 10.0. The molecule has 0 aromatic carbocycles. The Bertz CT molecular complexity index is 348. The summed E-state index contributed by atoms with van der Waals surface area (Å²) >= 11 is 6.13. The van der Waals surface area contributed by atoms with Crippen LogP contribution in [0.2, 0.25) is 5.02 Å². The van der Waals surface area contributed by atoms with Gasteiger partial charge in [-0.1, -0.05) is 25.4 Å². The van der Waals surface area contributed by atoms with Crippen molar-refractivity contribution >= 4 is 11.6 Å². The molecule has 1 fully saturated rings. The fourth-order valence-electron chi connectivity index (χ4n) is 2.15. The lowest BCUT2D eigenvalue weighted by molar-refractivity contribution is 0.500. The van der Waals surface area contributed by atoms with Gasteiger partial charge in [-0.2, -0.15) is 5.10 Å². The van der Waals surface area contributed by atoms with Crippen molar-refractivity contribution in [3.05, 3.63) is 16.9 Å². The van der Waals surface area contributed by atoms with E-state index in [0.717, 1.165) is 29.6 Å². The SMILES string of the molecule is CCCn1ncc(Cl)c1C(N)C1CC1C. The maximum atomic E-state index is 6.22. The summed E-state index contributed by atoms with van der Waals surface area (Å²) in [6, 6.07) is 0.0570. The van der Waals surface area contributed by atoms with Crippen molar-refractivity contribution in [2.75, 3.05) is 0 Å². The molecule has 1 aromatic rings. The summed E-state index contributed by atoms with van der Waals surface area (Å²) in [5.41, 5.74) is 7.24. The largest absolute Gasteiger partial charge is 0.322 e. The minimum absolute atomic E-state index is 0.0570. The normalized spacial score (nSPS) is 26.7. The molecule has 0 amide bonds. The first kappa shape index (κ1) is 11.0. The molecule has 3 nitrogen and oxygen atoms in total. The quantitative estimate of drug-likeness (QED) is 0.860. The van der Waals surface area contributed by atoms with Gasteiger partial charge in [0.05, 0.1) is 23.0 Å². The lowest BCUT2D eigenvalue weighted by atomic mass is 10.1. The molecule has 1 heterocycles. The Hall–Kier alpha value is -0.540. The van der Waals surface area contributed by atoms with Crippen molar-refractivity contribution in [1.29, 1.82) is 0 Å². The van der Waals surface area contributed by atoms with Crippen molar-refractivity contribution in [3.63, 3.8) is 0 Å². The van der Waals surface area contributed by atoms with Crippen LogP contribution in [-0.4, -0.2) is 9.78 Å². The van der Waals surface area contributed by atoms with Crippen LogP contribution in [0.1, 0.15) is 38.4 Å². The average Bonchev–Trinajstić information content (AvgIpc) is 2.81. The molecule has 3 atom stereocenters. The van der Waals surface area contributed by atoms with Crippen LogP contribution in [0.5, 0.6) is 0 Å². The summed E-state index contributed by atoms with van der Waals surface area (Å²) in [6.45, 7) is 5.26. The van der Waals surface area contributed by atoms with E-state index in [-0.39, 0.29) is 6.04 Å². The van der Waals surface area contributed by atoms with Gasteiger partial charge in [0.1, 0.15) is 0 Å². The van der Waals surface area contributed by atoms with Gasteiger partial charge in [-0.25, -0.2) is 0 Å². The first-order valence-corrected chi connectivity index (χ1v) is 5.99. The maximum Gasteiger partial charge on any atom is 0.0834 e. The Balaban J connectivity index is 2.21. The monoisotopic (exact) mass is 227 g/mol. The average molecular weight is 228 g/mol. The smallest absolute Gasteiger partial charge is 0.0834 e. The molecule has 1 aromatic heterocycles. The molecule has 0 aliphatic heterocycles. The molecule has 4 heteroatoms. The second kappa shape index (κ2) is 4.14. The Morgan fingerprint density at radius 2 is 2.40 bits per heavy atom. The van der Waals surface area contributed by atoms with Crippen LogP contribution in [0.25, 0.3) is 0 Å². The molecule has 0 saturated heterocycles. The van der Waals surface area contributed by atoms with Gasteiger partial charge < -0.3 is 5.73 Å². The van der Waals surface area contributed by atoms with E-state index in [4.69, 9.17) is 17.3 Å². The molecule has 0 bridgehead atoms. The highest BCUT2D eigenvalue weighted by atomic mass is 35.5. The molecule has 0 spiro atoms. The first-order chi connectivity index (χ1) is 7.15. The van der Waals surface area contributed by atoms with Crippen molar-refractivity contribution < 1.29 is 0 Å². The van der Waals surface area contributed by atoms with Gasteiger partial charge >= 0.3 is 0 Å². The number of aromatic nitrogens is 2. The van der Waals surface area contributed by atoms with Crippen molar-refractivity contribution in [1.82, 2.24) is 9.78 Å². The third-order valence-electron chi connectivity index (χ3n) is 3.22. The molecule has 2 rings (SSSR count). The number of halogens is 1. The zero-order chi connectivity index (χ0) is 11.0. The zero-order valence-electron chi connectivity index (χ0n) is 9.28. The molecule has 1 aliphatic carbocycles. The van der Waals surface area contributed by atoms with Crippen molar-refractivity contribution in [3.8, 4) is 0 Å². The third-order valence-corrected chi connectivity index (χ3v) is 3.51. The second-order valence-electron chi connectivity index (χ2n) is 4.50. The van der Waals surface area contributed by atoms with E-state index in [9.17, 15) is 0 Å². The molecule has 15 heavy (non-hydrogen) atoms. The van der Waals surface area contributed by atoms with E-state index in [0.29, 0.717) is 5.92 Å². The second-order valence-corrected chi connectivity index (χ2v) is 4.91. The fourth-order valence-corrected chi connectivity index (χ4v) is 2.41. The molecule has 2 N–H and O–H groups in total. The minimum Gasteiger partial charge on any atom is -0.322 e. The number of nitrogens with zero attached hydrogens (tertiary/aromatic N) is 2. The Morgan fingerprint density at radius 3 is 2.93 bits per heavy atom. The van der Waals surface area contributed by atoms with E-state index in [1.54, 1.807) is 6.20 Å². The Kier molecular flexibility index (Phi) is 3.03. The first-order valence-electron chi connectivity index (χ1n) is 5.62. The summed E-state index contributed by atoms with van der Waals surface area (Å²) < 4.78 is 1.96. The number of nitrogens with two attached hydrogens (primary N) is 1. The van der Waals surface area contributed by atoms with Crippen LogP contribution in [0.4, 0.5) is 0 Å². The van der Waals surface area contributed by atoms with E-state index in [1.807, 2.05) is 4.68 Å². The van der Waals surface area contributed by atoms with Crippen LogP contribution in [0, 0.1) is 11.8 Å². The number of hydrogen-bond acceptors (Lipinski definition) is 2. The number of rotatable bonds is 4. The molecule has 1 aliphatic rings. The van der Waals surface area contributed by atoms with E-state index in [1.165, 1.54) is 6.42 Å². The molecule has 84 valence electrons. The van der Waals surface area contributed by atoms with Crippen LogP contribution in [0.15, 0.2) is 6.20 Å². The summed E-state index contributed by atoms with van der Waals surface area (Å²) in [6.07, 6.45) is 3.98.